The van der Waals surface area contributed by atoms with Crippen molar-refractivity contribution in [2.24, 2.45) is 0 Å². The minimum Gasteiger partial charge on any atom is -0.302 e. The fourth-order valence-corrected chi connectivity index (χ4v) is 3.74. The second-order valence-corrected chi connectivity index (χ2v) is 6.76. The summed E-state index contributed by atoms with van der Waals surface area (Å²) in [6.07, 6.45) is 8.53. The van der Waals surface area contributed by atoms with E-state index in [0.29, 0.717) is 11.2 Å². The molecular formula is C16H21N4OS+. The van der Waals surface area contributed by atoms with E-state index >= 15 is 0 Å². The van der Waals surface area contributed by atoms with Gasteiger partial charge in [-0.2, -0.15) is 0 Å². The monoisotopic (exact) mass is 317 g/mol. The molecule has 0 unspecified atom stereocenters. The lowest BCUT2D eigenvalue weighted by molar-refractivity contribution is -0.725. The number of anilines is 1. The van der Waals surface area contributed by atoms with Gasteiger partial charge in [-0.05, 0) is 0 Å². The van der Waals surface area contributed by atoms with Gasteiger partial charge in [0, 0.05) is 62.6 Å². The highest BCUT2D eigenvalue weighted by Crippen LogP contribution is 2.23. The quantitative estimate of drug-likeness (QED) is 0.880. The van der Waals surface area contributed by atoms with Crippen LogP contribution in [0, 0.1) is 0 Å². The number of carbonyl (C=O) groups excluding carboxylic acids is 1. The second-order valence-electron chi connectivity index (χ2n) is 5.64. The van der Waals surface area contributed by atoms with Gasteiger partial charge in [0.2, 0.25) is 5.91 Å². The Morgan fingerprint density at radius 1 is 1.36 bits per heavy atom. The Morgan fingerprint density at radius 2 is 2.09 bits per heavy atom. The Bertz CT molecular complexity index is 620. The summed E-state index contributed by atoms with van der Waals surface area (Å²) in [5.74, 6) is -0.0680. The number of rotatable bonds is 4. The van der Waals surface area contributed by atoms with Crippen LogP contribution in [0.3, 0.4) is 0 Å². The maximum Gasteiger partial charge on any atom is 0.223 e. The molecule has 2 aromatic heterocycles. The molecule has 6 heteroatoms. The Balaban J connectivity index is 1.51. The van der Waals surface area contributed by atoms with Crippen LogP contribution in [0.25, 0.3) is 0 Å². The second kappa shape index (κ2) is 6.98. The molecule has 0 atom stereocenters. The highest BCUT2D eigenvalue weighted by Gasteiger charge is 2.25. The first-order chi connectivity index (χ1) is 10.7. The van der Waals surface area contributed by atoms with Gasteiger partial charge in [0.05, 0.1) is 0 Å². The molecule has 0 radical (unpaired) electrons. The largest absolute Gasteiger partial charge is 0.302 e. The molecule has 1 saturated heterocycles. The van der Waals surface area contributed by atoms with Crippen molar-refractivity contribution in [3.05, 3.63) is 41.7 Å². The summed E-state index contributed by atoms with van der Waals surface area (Å²) in [5.41, 5.74) is 0. The summed E-state index contributed by atoms with van der Waals surface area (Å²) in [5, 5.41) is 3.43. The first-order valence-corrected chi connectivity index (χ1v) is 8.43. The van der Waals surface area contributed by atoms with Crippen molar-refractivity contribution in [2.45, 2.75) is 32.4 Å². The molecule has 22 heavy (non-hydrogen) atoms. The van der Waals surface area contributed by atoms with Gasteiger partial charge in [0.1, 0.15) is 0 Å². The number of piperidine rings is 1. The number of pyridine rings is 1. The molecule has 116 valence electrons. The van der Waals surface area contributed by atoms with Crippen LogP contribution in [0.15, 0.2) is 36.8 Å². The van der Waals surface area contributed by atoms with Crippen LogP contribution < -0.4 is 9.88 Å². The molecule has 0 aromatic carbocycles. The van der Waals surface area contributed by atoms with Gasteiger partial charge in [-0.15, -0.1) is 11.3 Å². The zero-order valence-electron chi connectivity index (χ0n) is 12.7. The lowest BCUT2D eigenvalue weighted by Gasteiger charge is -2.28. The van der Waals surface area contributed by atoms with Crippen molar-refractivity contribution in [1.82, 2.24) is 9.88 Å². The summed E-state index contributed by atoms with van der Waals surface area (Å²) in [6.45, 7) is 4.62. The zero-order valence-corrected chi connectivity index (χ0v) is 13.6. The standard InChI is InChI=1S/C16H20N4OS/c1-13(21)18-16-17-11-15(22-16)12-19-9-5-14(6-10-19)20-7-3-2-4-8-20/h2-4,7-8,11,14H,5-6,9-10,12H2,1H3/p+1. The first kappa shape index (κ1) is 15.1. The van der Waals surface area contributed by atoms with Crippen LogP contribution in [0.5, 0.6) is 0 Å². The predicted octanol–water partition coefficient (Wildman–Crippen LogP) is 2.23. The van der Waals surface area contributed by atoms with Crippen molar-refractivity contribution in [2.75, 3.05) is 18.4 Å². The van der Waals surface area contributed by atoms with Gasteiger partial charge >= 0.3 is 0 Å². The lowest BCUT2D eigenvalue weighted by atomic mass is 10.0. The van der Waals surface area contributed by atoms with Gasteiger partial charge in [0.15, 0.2) is 23.6 Å². The van der Waals surface area contributed by atoms with Gasteiger partial charge in [-0.1, -0.05) is 6.07 Å². The van der Waals surface area contributed by atoms with E-state index < -0.39 is 0 Å². The minimum absolute atomic E-state index is 0.0680. The Morgan fingerprint density at radius 3 is 2.77 bits per heavy atom. The number of aromatic nitrogens is 2. The van der Waals surface area contributed by atoms with Crippen molar-refractivity contribution in [3.63, 3.8) is 0 Å². The molecule has 0 saturated carbocycles. The summed E-state index contributed by atoms with van der Waals surface area (Å²) in [6, 6.07) is 6.84. The van der Waals surface area contributed by atoms with E-state index in [1.807, 2.05) is 6.20 Å². The zero-order chi connectivity index (χ0) is 15.4. The molecule has 3 heterocycles. The highest BCUT2D eigenvalue weighted by atomic mass is 32.1. The van der Waals surface area contributed by atoms with Crippen LogP contribution in [0.1, 0.15) is 30.7 Å². The number of hydrogen-bond acceptors (Lipinski definition) is 4. The van der Waals surface area contributed by atoms with E-state index in [4.69, 9.17) is 0 Å². The molecule has 1 aliphatic heterocycles. The molecule has 0 spiro atoms. The van der Waals surface area contributed by atoms with Crippen molar-refractivity contribution in [1.29, 1.82) is 0 Å². The van der Waals surface area contributed by atoms with Crippen LogP contribution in [-0.2, 0) is 11.3 Å². The molecule has 1 fully saturated rings. The Hall–Kier alpha value is -1.79. The molecule has 0 aliphatic carbocycles. The van der Waals surface area contributed by atoms with E-state index in [2.05, 4.69) is 50.4 Å². The van der Waals surface area contributed by atoms with Crippen LogP contribution in [0.4, 0.5) is 5.13 Å². The first-order valence-electron chi connectivity index (χ1n) is 7.61. The third kappa shape index (κ3) is 3.90. The molecule has 5 nitrogen and oxygen atoms in total. The van der Waals surface area contributed by atoms with Crippen LogP contribution in [-0.4, -0.2) is 28.9 Å². The van der Waals surface area contributed by atoms with E-state index in [9.17, 15) is 4.79 Å². The van der Waals surface area contributed by atoms with Gasteiger partial charge in [-0.25, -0.2) is 9.55 Å². The number of amides is 1. The SMILES string of the molecule is CC(=O)Nc1ncc(CN2CCC([n+]3ccccc3)CC2)s1. The summed E-state index contributed by atoms with van der Waals surface area (Å²) < 4.78 is 2.32. The van der Waals surface area contributed by atoms with Gasteiger partial charge < -0.3 is 5.32 Å². The maximum absolute atomic E-state index is 11.0. The number of thiazole rings is 1. The van der Waals surface area contributed by atoms with Crippen molar-refractivity contribution < 1.29 is 9.36 Å². The molecule has 1 aliphatic rings. The summed E-state index contributed by atoms with van der Waals surface area (Å²) in [4.78, 5) is 18.9. The molecule has 2 aromatic rings. The Kier molecular flexibility index (Phi) is 4.80. The van der Waals surface area contributed by atoms with Crippen molar-refractivity contribution in [3.8, 4) is 0 Å². The maximum atomic E-state index is 11.0. The van der Waals surface area contributed by atoms with E-state index in [0.717, 1.165) is 19.6 Å². The molecule has 3 rings (SSSR count). The van der Waals surface area contributed by atoms with E-state index in [1.54, 1.807) is 11.3 Å². The number of nitrogens with zero attached hydrogens (tertiary/aromatic N) is 3. The highest BCUT2D eigenvalue weighted by molar-refractivity contribution is 7.15. The molecule has 0 bridgehead atoms. The number of nitrogens with one attached hydrogen (secondary N) is 1. The van der Waals surface area contributed by atoms with Gasteiger partial charge in [0.25, 0.3) is 0 Å². The van der Waals surface area contributed by atoms with Crippen LogP contribution in [0.2, 0.25) is 0 Å². The van der Waals surface area contributed by atoms with Gasteiger partial charge in [-0.3, -0.25) is 9.69 Å². The average Bonchev–Trinajstić information content (AvgIpc) is 2.95. The summed E-state index contributed by atoms with van der Waals surface area (Å²) >= 11 is 1.56. The Labute approximate surface area is 134 Å². The lowest BCUT2D eigenvalue weighted by Crippen LogP contribution is -2.45. The van der Waals surface area contributed by atoms with E-state index in [1.165, 1.54) is 24.6 Å². The third-order valence-electron chi connectivity index (χ3n) is 3.93. The molecular weight excluding hydrogens is 296 g/mol. The number of hydrogen-bond donors (Lipinski definition) is 1. The fourth-order valence-electron chi connectivity index (χ4n) is 2.84. The minimum atomic E-state index is -0.0680. The number of carbonyl (C=O) groups is 1. The smallest absolute Gasteiger partial charge is 0.223 e. The topological polar surface area (TPSA) is 49.1 Å². The van der Waals surface area contributed by atoms with Crippen LogP contribution >= 0.6 is 11.3 Å². The molecule has 1 N–H and O–H groups in total. The average molecular weight is 317 g/mol. The molecule has 1 amide bonds. The van der Waals surface area contributed by atoms with Crippen molar-refractivity contribution >= 4 is 22.4 Å². The summed E-state index contributed by atoms with van der Waals surface area (Å²) in [7, 11) is 0. The third-order valence-corrected chi connectivity index (χ3v) is 4.83. The predicted molar refractivity (Wildman–Crippen MR) is 86.6 cm³/mol. The normalized spacial score (nSPS) is 16.6. The fraction of sp³-hybridized carbons (Fsp3) is 0.438. The van der Waals surface area contributed by atoms with E-state index in [-0.39, 0.29) is 5.91 Å². The number of likely N-dealkylation sites (tertiary alicyclic amines) is 1.